The number of piperazine rings is 1. The molecule has 1 atom stereocenters. The molecule has 1 aliphatic heterocycles. The number of nitrogens with one attached hydrogen (secondary N) is 1. The summed E-state index contributed by atoms with van der Waals surface area (Å²) in [7, 11) is 0. The van der Waals surface area contributed by atoms with Crippen LogP contribution in [0, 0.1) is 5.82 Å². The summed E-state index contributed by atoms with van der Waals surface area (Å²) in [6, 6.07) is 5.84. The van der Waals surface area contributed by atoms with Gasteiger partial charge in [0.05, 0.1) is 0 Å². The second kappa shape index (κ2) is 5.04. The Kier molecular flexibility index (Phi) is 3.63. The first-order chi connectivity index (χ1) is 8.55. The first-order valence-corrected chi connectivity index (χ1v) is 6.00. The van der Waals surface area contributed by atoms with E-state index < -0.39 is 17.3 Å². The summed E-state index contributed by atoms with van der Waals surface area (Å²) in [5.41, 5.74) is -0.693. The van der Waals surface area contributed by atoms with E-state index in [-0.39, 0.29) is 0 Å². The third-order valence-corrected chi connectivity index (χ3v) is 3.55. The molecule has 18 heavy (non-hydrogen) atoms. The van der Waals surface area contributed by atoms with Crippen molar-refractivity contribution >= 4 is 5.97 Å². The minimum atomic E-state index is -1.18. The summed E-state index contributed by atoms with van der Waals surface area (Å²) in [4.78, 5) is 13.5. The minimum absolute atomic E-state index is 0.407. The van der Waals surface area contributed by atoms with Crippen molar-refractivity contribution in [1.82, 2.24) is 10.2 Å². The number of carbonyl (C=O) groups is 1. The molecule has 1 heterocycles. The van der Waals surface area contributed by atoms with Crippen molar-refractivity contribution < 1.29 is 14.3 Å². The van der Waals surface area contributed by atoms with Crippen molar-refractivity contribution in [2.45, 2.75) is 12.5 Å². The summed E-state index contributed by atoms with van der Waals surface area (Å²) in [6.45, 7) is 4.41. The van der Waals surface area contributed by atoms with Crippen molar-refractivity contribution in [2.24, 2.45) is 0 Å². The van der Waals surface area contributed by atoms with Crippen molar-refractivity contribution in [3.63, 3.8) is 0 Å². The van der Waals surface area contributed by atoms with Gasteiger partial charge in [0.15, 0.2) is 0 Å². The lowest BCUT2D eigenvalue weighted by Gasteiger charge is -2.40. The first-order valence-electron chi connectivity index (χ1n) is 6.00. The van der Waals surface area contributed by atoms with Crippen LogP contribution in [0.25, 0.3) is 0 Å². The van der Waals surface area contributed by atoms with E-state index in [1.807, 2.05) is 4.90 Å². The Labute approximate surface area is 105 Å². The summed E-state index contributed by atoms with van der Waals surface area (Å²) >= 11 is 0. The minimum Gasteiger partial charge on any atom is -0.480 e. The molecule has 1 saturated heterocycles. The molecule has 1 aromatic rings. The van der Waals surface area contributed by atoms with Gasteiger partial charge in [0, 0.05) is 26.2 Å². The molecular weight excluding hydrogens is 235 g/mol. The van der Waals surface area contributed by atoms with Gasteiger partial charge < -0.3 is 10.4 Å². The fourth-order valence-electron chi connectivity index (χ4n) is 2.34. The predicted molar refractivity (Wildman–Crippen MR) is 65.8 cm³/mol. The van der Waals surface area contributed by atoms with Gasteiger partial charge in [-0.3, -0.25) is 4.90 Å². The van der Waals surface area contributed by atoms with Crippen molar-refractivity contribution in [3.05, 3.63) is 35.6 Å². The molecule has 1 aromatic carbocycles. The van der Waals surface area contributed by atoms with Gasteiger partial charge in [-0.2, -0.15) is 0 Å². The van der Waals surface area contributed by atoms with Crippen LogP contribution >= 0.6 is 0 Å². The number of hydrogen-bond acceptors (Lipinski definition) is 3. The van der Waals surface area contributed by atoms with Crippen LogP contribution in [0.5, 0.6) is 0 Å². The molecule has 0 saturated carbocycles. The Morgan fingerprint density at radius 2 is 2.11 bits per heavy atom. The predicted octanol–water partition coefficient (Wildman–Crippen LogP) is 1.03. The third-order valence-electron chi connectivity index (χ3n) is 3.55. The zero-order valence-electron chi connectivity index (χ0n) is 10.3. The van der Waals surface area contributed by atoms with Crippen LogP contribution in [0.1, 0.15) is 12.5 Å². The van der Waals surface area contributed by atoms with Crippen LogP contribution in [-0.4, -0.2) is 42.2 Å². The number of rotatable bonds is 3. The highest BCUT2D eigenvalue weighted by atomic mass is 19.1. The van der Waals surface area contributed by atoms with E-state index in [2.05, 4.69) is 5.32 Å². The van der Waals surface area contributed by atoms with E-state index in [1.54, 1.807) is 19.1 Å². The molecule has 98 valence electrons. The molecule has 0 aliphatic carbocycles. The quantitative estimate of drug-likeness (QED) is 0.843. The van der Waals surface area contributed by atoms with Crippen LogP contribution in [0.3, 0.4) is 0 Å². The van der Waals surface area contributed by atoms with Gasteiger partial charge in [-0.15, -0.1) is 0 Å². The molecule has 0 radical (unpaired) electrons. The highest BCUT2D eigenvalue weighted by Gasteiger charge is 2.41. The molecule has 2 rings (SSSR count). The molecule has 0 spiro atoms. The first kappa shape index (κ1) is 13.0. The van der Waals surface area contributed by atoms with E-state index in [0.717, 1.165) is 13.1 Å². The van der Waals surface area contributed by atoms with Gasteiger partial charge in [-0.1, -0.05) is 12.1 Å². The second-order valence-corrected chi connectivity index (χ2v) is 4.62. The standard InChI is InChI=1S/C13H17FN2O2/c1-13(12(17)18,16-7-5-15-6-8-16)10-3-2-4-11(14)9-10/h2-4,9,15H,5-8H2,1H3,(H,17,18). The molecule has 2 N–H and O–H groups in total. The van der Waals surface area contributed by atoms with E-state index in [1.165, 1.54) is 12.1 Å². The number of hydrogen-bond donors (Lipinski definition) is 2. The number of benzene rings is 1. The zero-order chi connectivity index (χ0) is 13.2. The monoisotopic (exact) mass is 252 g/mol. The van der Waals surface area contributed by atoms with Crippen LogP contribution in [-0.2, 0) is 10.3 Å². The Morgan fingerprint density at radius 3 is 2.67 bits per heavy atom. The van der Waals surface area contributed by atoms with Crippen LogP contribution < -0.4 is 5.32 Å². The topological polar surface area (TPSA) is 52.6 Å². The van der Waals surface area contributed by atoms with Crippen molar-refractivity contribution in [3.8, 4) is 0 Å². The highest BCUT2D eigenvalue weighted by Crippen LogP contribution is 2.29. The van der Waals surface area contributed by atoms with Gasteiger partial charge in [-0.25, -0.2) is 9.18 Å². The Morgan fingerprint density at radius 1 is 1.44 bits per heavy atom. The van der Waals surface area contributed by atoms with Gasteiger partial charge in [0.1, 0.15) is 11.4 Å². The molecule has 5 heteroatoms. The van der Waals surface area contributed by atoms with Gasteiger partial charge in [0.2, 0.25) is 0 Å². The molecule has 1 aliphatic rings. The maximum absolute atomic E-state index is 13.3. The normalized spacial score (nSPS) is 20.3. The lowest BCUT2D eigenvalue weighted by Crippen LogP contribution is -2.56. The number of aliphatic carboxylic acids is 1. The van der Waals surface area contributed by atoms with Crippen molar-refractivity contribution in [2.75, 3.05) is 26.2 Å². The lowest BCUT2D eigenvalue weighted by atomic mass is 9.89. The number of carboxylic acid groups (broad SMARTS) is 1. The van der Waals surface area contributed by atoms with Gasteiger partial charge >= 0.3 is 5.97 Å². The summed E-state index contributed by atoms with van der Waals surface area (Å²) in [6.07, 6.45) is 0. The number of nitrogens with zero attached hydrogens (tertiary/aromatic N) is 1. The van der Waals surface area contributed by atoms with Crippen molar-refractivity contribution in [1.29, 1.82) is 0 Å². The molecule has 0 bridgehead atoms. The Balaban J connectivity index is 2.39. The van der Waals surface area contributed by atoms with E-state index in [0.29, 0.717) is 18.7 Å². The van der Waals surface area contributed by atoms with E-state index >= 15 is 0 Å². The van der Waals surface area contributed by atoms with Crippen LogP contribution in [0.4, 0.5) is 4.39 Å². The Bertz CT molecular complexity index is 446. The van der Waals surface area contributed by atoms with Gasteiger partial charge in [-0.05, 0) is 24.6 Å². The molecular formula is C13H17FN2O2. The average molecular weight is 252 g/mol. The average Bonchev–Trinajstić information content (AvgIpc) is 2.38. The van der Waals surface area contributed by atoms with Crippen LogP contribution in [0.15, 0.2) is 24.3 Å². The Hall–Kier alpha value is -1.46. The molecule has 1 fully saturated rings. The molecule has 0 amide bonds. The summed E-state index contributed by atoms with van der Waals surface area (Å²) < 4.78 is 13.3. The maximum atomic E-state index is 13.3. The maximum Gasteiger partial charge on any atom is 0.328 e. The summed E-state index contributed by atoms with van der Waals surface area (Å²) in [5.74, 6) is -1.36. The number of carboxylic acids is 1. The molecule has 1 unspecified atom stereocenters. The lowest BCUT2D eigenvalue weighted by molar-refractivity contribution is -0.151. The zero-order valence-corrected chi connectivity index (χ0v) is 10.3. The highest BCUT2D eigenvalue weighted by molar-refractivity contribution is 5.80. The van der Waals surface area contributed by atoms with E-state index in [9.17, 15) is 14.3 Å². The smallest absolute Gasteiger partial charge is 0.328 e. The largest absolute Gasteiger partial charge is 0.480 e. The second-order valence-electron chi connectivity index (χ2n) is 4.62. The van der Waals surface area contributed by atoms with Crippen LogP contribution in [0.2, 0.25) is 0 Å². The fourth-order valence-corrected chi connectivity index (χ4v) is 2.34. The number of halogens is 1. The summed E-state index contributed by atoms with van der Waals surface area (Å²) in [5, 5.41) is 12.7. The SMILES string of the molecule is CC(C(=O)O)(c1cccc(F)c1)N1CCNCC1. The molecule has 4 nitrogen and oxygen atoms in total. The third kappa shape index (κ3) is 2.23. The molecule has 0 aromatic heterocycles. The fraction of sp³-hybridized carbons (Fsp3) is 0.462. The van der Waals surface area contributed by atoms with E-state index in [4.69, 9.17) is 0 Å². The van der Waals surface area contributed by atoms with Gasteiger partial charge in [0.25, 0.3) is 0 Å².